The van der Waals surface area contributed by atoms with Crippen LogP contribution in [0.2, 0.25) is 0 Å². The first-order valence-corrected chi connectivity index (χ1v) is 7.92. The van der Waals surface area contributed by atoms with Gasteiger partial charge in [0.2, 0.25) is 0 Å². The van der Waals surface area contributed by atoms with Gasteiger partial charge in [-0.15, -0.1) is 0 Å². The molecule has 112 valence electrons. The third-order valence-electron chi connectivity index (χ3n) is 4.89. The Morgan fingerprint density at radius 3 is 2.71 bits per heavy atom. The topological polar surface area (TPSA) is 29.9 Å². The van der Waals surface area contributed by atoms with Crippen molar-refractivity contribution in [3.05, 3.63) is 53.1 Å². The van der Waals surface area contributed by atoms with E-state index in [4.69, 9.17) is 0 Å². The van der Waals surface area contributed by atoms with E-state index in [0.717, 1.165) is 6.54 Å². The van der Waals surface area contributed by atoms with Crippen molar-refractivity contribution in [2.45, 2.75) is 58.7 Å². The molecule has 2 atom stereocenters. The van der Waals surface area contributed by atoms with Gasteiger partial charge in [0.05, 0.1) is 6.33 Å². The highest BCUT2D eigenvalue weighted by atomic mass is 15.1. The molecule has 0 amide bonds. The highest BCUT2D eigenvalue weighted by Crippen LogP contribution is 2.30. The predicted molar refractivity (Wildman–Crippen MR) is 86.4 cm³/mol. The average molecular weight is 283 g/mol. The van der Waals surface area contributed by atoms with Crippen LogP contribution in [0.1, 0.15) is 47.6 Å². The second-order valence-electron chi connectivity index (χ2n) is 6.36. The molecule has 3 rings (SSSR count). The Bertz CT molecular complexity index is 601. The zero-order valence-corrected chi connectivity index (χ0v) is 13.3. The van der Waals surface area contributed by atoms with Crippen molar-refractivity contribution in [1.29, 1.82) is 0 Å². The average Bonchev–Trinajstić information content (AvgIpc) is 3.11. The van der Waals surface area contributed by atoms with Gasteiger partial charge in [0.25, 0.3) is 0 Å². The molecule has 0 radical (unpaired) electrons. The number of hydrogen-bond acceptors (Lipinski definition) is 2. The molecule has 3 nitrogen and oxygen atoms in total. The summed E-state index contributed by atoms with van der Waals surface area (Å²) in [6.45, 7) is 7.56. The maximum atomic E-state index is 4.19. The van der Waals surface area contributed by atoms with Crippen LogP contribution in [0, 0.1) is 20.8 Å². The molecule has 1 aliphatic rings. The number of hydrogen-bond donors (Lipinski definition) is 1. The molecule has 1 N–H and O–H groups in total. The third-order valence-corrected chi connectivity index (χ3v) is 4.89. The van der Waals surface area contributed by atoms with E-state index < -0.39 is 0 Å². The first-order chi connectivity index (χ1) is 10.1. The van der Waals surface area contributed by atoms with Crippen molar-refractivity contribution in [2.24, 2.45) is 0 Å². The second kappa shape index (κ2) is 6.02. The van der Waals surface area contributed by atoms with Gasteiger partial charge in [-0.25, -0.2) is 4.98 Å². The molecule has 0 aliphatic heterocycles. The first kappa shape index (κ1) is 14.3. The van der Waals surface area contributed by atoms with Crippen LogP contribution in [0.25, 0.3) is 0 Å². The van der Waals surface area contributed by atoms with Crippen molar-refractivity contribution < 1.29 is 0 Å². The van der Waals surface area contributed by atoms with Gasteiger partial charge >= 0.3 is 0 Å². The van der Waals surface area contributed by atoms with Crippen LogP contribution < -0.4 is 5.32 Å². The van der Waals surface area contributed by atoms with Crippen molar-refractivity contribution in [2.75, 3.05) is 0 Å². The van der Waals surface area contributed by atoms with Crippen LogP contribution >= 0.6 is 0 Å². The molecule has 1 saturated carbocycles. The highest BCUT2D eigenvalue weighted by molar-refractivity contribution is 5.36. The monoisotopic (exact) mass is 283 g/mol. The summed E-state index contributed by atoms with van der Waals surface area (Å²) >= 11 is 0. The molecule has 1 aliphatic carbocycles. The summed E-state index contributed by atoms with van der Waals surface area (Å²) in [5, 5.41) is 3.78. The maximum Gasteiger partial charge on any atom is 0.0949 e. The molecule has 3 heteroatoms. The number of benzene rings is 1. The Kier molecular flexibility index (Phi) is 4.11. The lowest BCUT2D eigenvalue weighted by Crippen LogP contribution is -2.33. The van der Waals surface area contributed by atoms with E-state index in [0.29, 0.717) is 12.1 Å². The van der Waals surface area contributed by atoms with E-state index in [9.17, 15) is 0 Å². The molecule has 0 bridgehead atoms. The minimum atomic E-state index is 0.555. The van der Waals surface area contributed by atoms with Crippen LogP contribution in [0.5, 0.6) is 0 Å². The van der Waals surface area contributed by atoms with Gasteiger partial charge in [0.1, 0.15) is 0 Å². The van der Waals surface area contributed by atoms with Crippen molar-refractivity contribution in [3.8, 4) is 0 Å². The number of aromatic nitrogens is 2. The normalized spacial score (nSPS) is 21.9. The molecule has 1 aromatic heterocycles. The summed E-state index contributed by atoms with van der Waals surface area (Å²) in [5.74, 6) is 0. The van der Waals surface area contributed by atoms with Gasteiger partial charge in [-0.3, -0.25) is 0 Å². The zero-order chi connectivity index (χ0) is 14.8. The minimum Gasteiger partial charge on any atom is -0.333 e. The standard InChI is InChI=1S/C18H25N3/c1-13-9-15(3)16(10-14(13)2)11-20-17-5-4-6-18(17)21-8-7-19-12-21/h7-10,12,17-18,20H,4-6,11H2,1-3H3. The molecule has 0 spiro atoms. The molecular weight excluding hydrogens is 258 g/mol. The van der Waals surface area contributed by atoms with Crippen LogP contribution in [0.15, 0.2) is 30.9 Å². The minimum absolute atomic E-state index is 0.555. The zero-order valence-electron chi connectivity index (χ0n) is 13.3. The first-order valence-electron chi connectivity index (χ1n) is 7.92. The van der Waals surface area contributed by atoms with E-state index in [1.54, 1.807) is 0 Å². The second-order valence-corrected chi connectivity index (χ2v) is 6.36. The Morgan fingerprint density at radius 2 is 1.95 bits per heavy atom. The van der Waals surface area contributed by atoms with Crippen LogP contribution in [-0.4, -0.2) is 15.6 Å². The lowest BCUT2D eigenvalue weighted by molar-refractivity contribution is 0.390. The van der Waals surface area contributed by atoms with Crippen LogP contribution in [0.4, 0.5) is 0 Å². The summed E-state index contributed by atoms with van der Waals surface area (Å²) in [5.41, 5.74) is 5.58. The molecule has 0 saturated heterocycles. The number of rotatable bonds is 4. The van der Waals surface area contributed by atoms with Gasteiger partial charge in [0.15, 0.2) is 0 Å². The Balaban J connectivity index is 1.68. The summed E-state index contributed by atoms with van der Waals surface area (Å²) in [4.78, 5) is 4.19. The van der Waals surface area contributed by atoms with E-state index in [1.807, 2.05) is 12.5 Å². The molecular formula is C18H25N3. The van der Waals surface area contributed by atoms with E-state index in [2.05, 4.69) is 54.0 Å². The maximum absolute atomic E-state index is 4.19. The predicted octanol–water partition coefficient (Wildman–Crippen LogP) is 3.69. The number of nitrogens with zero attached hydrogens (tertiary/aromatic N) is 2. The van der Waals surface area contributed by atoms with Gasteiger partial charge in [-0.1, -0.05) is 12.1 Å². The molecule has 1 heterocycles. The van der Waals surface area contributed by atoms with Crippen molar-refractivity contribution in [1.82, 2.24) is 14.9 Å². The molecule has 21 heavy (non-hydrogen) atoms. The Hall–Kier alpha value is -1.61. The number of nitrogens with one attached hydrogen (secondary N) is 1. The lowest BCUT2D eigenvalue weighted by Gasteiger charge is -2.23. The third kappa shape index (κ3) is 3.03. The smallest absolute Gasteiger partial charge is 0.0949 e. The van der Waals surface area contributed by atoms with E-state index in [-0.39, 0.29) is 0 Å². The Morgan fingerprint density at radius 1 is 1.14 bits per heavy atom. The number of aryl methyl sites for hydroxylation is 3. The summed E-state index contributed by atoms with van der Waals surface area (Å²) < 4.78 is 2.26. The lowest BCUT2D eigenvalue weighted by atomic mass is 10.0. The quantitative estimate of drug-likeness (QED) is 0.927. The highest BCUT2D eigenvalue weighted by Gasteiger charge is 2.27. The fourth-order valence-corrected chi connectivity index (χ4v) is 3.45. The molecule has 1 aromatic carbocycles. The van der Waals surface area contributed by atoms with Crippen LogP contribution in [-0.2, 0) is 6.54 Å². The SMILES string of the molecule is Cc1cc(C)c(CNC2CCCC2n2ccnc2)cc1C. The fourth-order valence-electron chi connectivity index (χ4n) is 3.45. The largest absolute Gasteiger partial charge is 0.333 e. The molecule has 2 aromatic rings. The van der Waals surface area contributed by atoms with Gasteiger partial charge < -0.3 is 9.88 Å². The molecule has 2 unspecified atom stereocenters. The van der Waals surface area contributed by atoms with E-state index >= 15 is 0 Å². The van der Waals surface area contributed by atoms with Crippen molar-refractivity contribution in [3.63, 3.8) is 0 Å². The summed E-state index contributed by atoms with van der Waals surface area (Å²) in [6, 6.07) is 5.74. The molecule has 1 fully saturated rings. The van der Waals surface area contributed by atoms with Gasteiger partial charge in [0, 0.05) is 31.0 Å². The van der Waals surface area contributed by atoms with Crippen LogP contribution in [0.3, 0.4) is 0 Å². The summed E-state index contributed by atoms with van der Waals surface area (Å²) in [7, 11) is 0. The summed E-state index contributed by atoms with van der Waals surface area (Å²) in [6.07, 6.45) is 9.72. The fraction of sp³-hybridized carbons (Fsp3) is 0.500. The van der Waals surface area contributed by atoms with Gasteiger partial charge in [-0.2, -0.15) is 0 Å². The van der Waals surface area contributed by atoms with E-state index in [1.165, 1.54) is 41.5 Å². The van der Waals surface area contributed by atoms with Crippen molar-refractivity contribution >= 4 is 0 Å². The number of imidazole rings is 1. The van der Waals surface area contributed by atoms with Gasteiger partial charge in [-0.05, 0) is 62.3 Å². The Labute approximate surface area is 127 Å².